The molecule has 1 heterocycles. The first-order chi connectivity index (χ1) is 9.24. The third kappa shape index (κ3) is 3.07. The third-order valence-corrected chi connectivity index (χ3v) is 5.91. The molecular formula is C16H25NO2S. The van der Waals surface area contributed by atoms with E-state index in [1.165, 1.54) is 0 Å². The zero-order valence-electron chi connectivity index (χ0n) is 12.8. The Morgan fingerprint density at radius 3 is 2.60 bits per heavy atom. The van der Waals surface area contributed by atoms with Gasteiger partial charge in [0.2, 0.25) is 0 Å². The van der Waals surface area contributed by atoms with E-state index in [1.54, 1.807) is 6.07 Å². The van der Waals surface area contributed by atoms with Gasteiger partial charge in [-0.2, -0.15) is 0 Å². The molecule has 112 valence electrons. The molecular weight excluding hydrogens is 270 g/mol. The van der Waals surface area contributed by atoms with Gasteiger partial charge in [-0.25, -0.2) is 8.42 Å². The Labute approximate surface area is 122 Å². The van der Waals surface area contributed by atoms with E-state index in [4.69, 9.17) is 0 Å². The molecule has 1 atom stereocenters. The third-order valence-electron chi connectivity index (χ3n) is 4.09. The first kappa shape index (κ1) is 15.5. The fraction of sp³-hybridized carbons (Fsp3) is 0.625. The number of nitrogens with one attached hydrogen (secondary N) is 1. The van der Waals surface area contributed by atoms with Crippen LogP contribution in [0, 0.1) is 11.3 Å². The predicted octanol–water partition coefficient (Wildman–Crippen LogP) is 2.83. The fourth-order valence-corrected chi connectivity index (χ4v) is 5.01. The van der Waals surface area contributed by atoms with Gasteiger partial charge in [0.25, 0.3) is 0 Å². The number of sulfone groups is 1. The molecule has 0 bridgehead atoms. The highest BCUT2D eigenvalue weighted by atomic mass is 32.2. The zero-order chi connectivity index (χ0) is 15.0. The number of rotatable bonds is 5. The summed E-state index contributed by atoms with van der Waals surface area (Å²) in [6.45, 7) is 10.5. The molecule has 3 nitrogen and oxygen atoms in total. The summed E-state index contributed by atoms with van der Waals surface area (Å²) in [5.41, 5.74) is 0.915. The molecule has 2 rings (SSSR count). The highest BCUT2D eigenvalue weighted by Crippen LogP contribution is 2.44. The fourth-order valence-electron chi connectivity index (χ4n) is 2.90. The normalized spacial score (nSPS) is 21.1. The SMILES string of the molecule is CC(C)CNCC(C)(C)C1CS(=O)(=O)c2ccccc21. The Hall–Kier alpha value is -0.870. The van der Waals surface area contributed by atoms with Crippen LogP contribution in [0.3, 0.4) is 0 Å². The molecule has 0 amide bonds. The van der Waals surface area contributed by atoms with Crippen LogP contribution in [-0.4, -0.2) is 27.3 Å². The van der Waals surface area contributed by atoms with E-state index >= 15 is 0 Å². The molecule has 1 aromatic rings. The van der Waals surface area contributed by atoms with Crippen molar-refractivity contribution in [3.8, 4) is 0 Å². The van der Waals surface area contributed by atoms with Gasteiger partial charge in [0, 0.05) is 12.5 Å². The minimum Gasteiger partial charge on any atom is -0.316 e. The van der Waals surface area contributed by atoms with Gasteiger partial charge in [0.15, 0.2) is 9.84 Å². The molecule has 0 spiro atoms. The van der Waals surface area contributed by atoms with Gasteiger partial charge in [-0.05, 0) is 29.5 Å². The first-order valence-corrected chi connectivity index (χ1v) is 8.91. The van der Waals surface area contributed by atoms with Crippen LogP contribution in [0.4, 0.5) is 0 Å². The highest BCUT2D eigenvalue weighted by molar-refractivity contribution is 7.91. The van der Waals surface area contributed by atoms with Gasteiger partial charge in [-0.3, -0.25) is 0 Å². The molecule has 0 saturated heterocycles. The Bertz CT molecular complexity index is 576. The summed E-state index contributed by atoms with van der Waals surface area (Å²) in [5.74, 6) is 0.914. The quantitative estimate of drug-likeness (QED) is 0.908. The molecule has 0 aromatic heterocycles. The number of hydrogen-bond donors (Lipinski definition) is 1. The summed E-state index contributed by atoms with van der Waals surface area (Å²) in [4.78, 5) is 0.530. The maximum absolute atomic E-state index is 12.3. The average molecular weight is 295 g/mol. The summed E-state index contributed by atoms with van der Waals surface area (Å²) in [6.07, 6.45) is 0. The van der Waals surface area contributed by atoms with E-state index in [1.807, 2.05) is 18.2 Å². The monoisotopic (exact) mass is 295 g/mol. The van der Waals surface area contributed by atoms with Crippen molar-refractivity contribution in [1.29, 1.82) is 0 Å². The van der Waals surface area contributed by atoms with E-state index in [2.05, 4.69) is 33.0 Å². The van der Waals surface area contributed by atoms with Crippen molar-refractivity contribution in [2.45, 2.75) is 38.5 Å². The predicted molar refractivity (Wildman–Crippen MR) is 82.7 cm³/mol. The molecule has 0 radical (unpaired) electrons. The average Bonchev–Trinajstić information content (AvgIpc) is 2.62. The lowest BCUT2D eigenvalue weighted by molar-refractivity contribution is 0.282. The molecule has 4 heteroatoms. The van der Waals surface area contributed by atoms with Crippen molar-refractivity contribution >= 4 is 9.84 Å². The maximum Gasteiger partial charge on any atom is 0.179 e. The topological polar surface area (TPSA) is 46.2 Å². The minimum absolute atomic E-state index is 0.0726. The Morgan fingerprint density at radius 2 is 1.95 bits per heavy atom. The summed E-state index contributed by atoms with van der Waals surface area (Å²) >= 11 is 0. The van der Waals surface area contributed by atoms with Crippen LogP contribution in [0.2, 0.25) is 0 Å². The molecule has 0 fully saturated rings. The summed E-state index contributed by atoms with van der Waals surface area (Å²) in [7, 11) is -3.11. The summed E-state index contributed by atoms with van der Waals surface area (Å²) < 4.78 is 24.5. The van der Waals surface area contributed by atoms with Crippen LogP contribution in [0.25, 0.3) is 0 Å². The van der Waals surface area contributed by atoms with Crippen molar-refractivity contribution in [2.75, 3.05) is 18.8 Å². The van der Waals surface area contributed by atoms with E-state index in [-0.39, 0.29) is 17.1 Å². The van der Waals surface area contributed by atoms with Gasteiger partial charge in [0.05, 0.1) is 10.6 Å². The van der Waals surface area contributed by atoms with Gasteiger partial charge >= 0.3 is 0 Å². The lowest BCUT2D eigenvalue weighted by atomic mass is 9.76. The van der Waals surface area contributed by atoms with E-state index in [9.17, 15) is 8.42 Å². The van der Waals surface area contributed by atoms with Crippen LogP contribution in [0.15, 0.2) is 29.2 Å². The lowest BCUT2D eigenvalue weighted by Crippen LogP contribution is -2.36. The molecule has 20 heavy (non-hydrogen) atoms. The van der Waals surface area contributed by atoms with Crippen molar-refractivity contribution in [1.82, 2.24) is 5.32 Å². The molecule has 1 aliphatic heterocycles. The van der Waals surface area contributed by atoms with Crippen molar-refractivity contribution < 1.29 is 8.42 Å². The molecule has 1 aliphatic rings. The van der Waals surface area contributed by atoms with Crippen molar-refractivity contribution in [2.24, 2.45) is 11.3 Å². The Kier molecular flexibility index (Phi) is 4.26. The molecule has 0 aliphatic carbocycles. The number of hydrogen-bond acceptors (Lipinski definition) is 3. The molecule has 1 aromatic carbocycles. The van der Waals surface area contributed by atoms with Crippen LogP contribution in [0.5, 0.6) is 0 Å². The standard InChI is InChI=1S/C16H25NO2S/c1-12(2)9-17-11-16(3,4)14-10-20(18,19)15-8-6-5-7-13(14)15/h5-8,12,14,17H,9-11H2,1-4H3. The van der Waals surface area contributed by atoms with Crippen LogP contribution < -0.4 is 5.32 Å². The maximum atomic E-state index is 12.3. The van der Waals surface area contributed by atoms with Crippen molar-refractivity contribution in [3.05, 3.63) is 29.8 Å². The number of benzene rings is 1. The van der Waals surface area contributed by atoms with Crippen molar-refractivity contribution in [3.63, 3.8) is 0 Å². The second kappa shape index (κ2) is 5.49. The van der Waals surface area contributed by atoms with E-state index < -0.39 is 9.84 Å². The Balaban J connectivity index is 2.22. The summed E-state index contributed by atoms with van der Waals surface area (Å²) in [5, 5.41) is 3.47. The highest BCUT2D eigenvalue weighted by Gasteiger charge is 2.42. The number of fused-ring (bicyclic) bond motifs is 1. The largest absolute Gasteiger partial charge is 0.316 e. The summed E-state index contributed by atoms with van der Waals surface area (Å²) in [6, 6.07) is 7.45. The molecule has 1 N–H and O–H groups in total. The first-order valence-electron chi connectivity index (χ1n) is 7.26. The second-order valence-electron chi connectivity index (χ2n) is 6.89. The van der Waals surface area contributed by atoms with E-state index in [0.29, 0.717) is 10.8 Å². The second-order valence-corrected chi connectivity index (χ2v) is 8.89. The molecule has 1 unspecified atom stereocenters. The van der Waals surface area contributed by atoms with Gasteiger partial charge in [-0.1, -0.05) is 45.9 Å². The minimum atomic E-state index is -3.11. The van der Waals surface area contributed by atoms with Gasteiger partial charge in [-0.15, -0.1) is 0 Å². The van der Waals surface area contributed by atoms with Crippen LogP contribution in [-0.2, 0) is 9.84 Å². The van der Waals surface area contributed by atoms with E-state index in [0.717, 1.165) is 18.7 Å². The lowest BCUT2D eigenvalue weighted by Gasteiger charge is -2.32. The van der Waals surface area contributed by atoms with Crippen LogP contribution in [0.1, 0.15) is 39.2 Å². The van der Waals surface area contributed by atoms with Crippen LogP contribution >= 0.6 is 0 Å². The smallest absolute Gasteiger partial charge is 0.179 e. The zero-order valence-corrected chi connectivity index (χ0v) is 13.6. The Morgan fingerprint density at radius 1 is 1.30 bits per heavy atom. The van der Waals surface area contributed by atoms with Gasteiger partial charge in [0.1, 0.15) is 0 Å². The molecule has 0 saturated carbocycles. The van der Waals surface area contributed by atoms with Gasteiger partial charge < -0.3 is 5.32 Å².